The molecule has 1 aliphatic rings. The van der Waals surface area contributed by atoms with Gasteiger partial charge in [0.15, 0.2) is 5.65 Å². The van der Waals surface area contributed by atoms with E-state index in [0.29, 0.717) is 30.6 Å². The van der Waals surface area contributed by atoms with Crippen molar-refractivity contribution in [3.8, 4) is 11.3 Å². The van der Waals surface area contributed by atoms with Crippen LogP contribution in [-0.4, -0.2) is 49.9 Å². The monoisotopic (exact) mass is 429 g/mol. The molecule has 1 aliphatic heterocycles. The summed E-state index contributed by atoms with van der Waals surface area (Å²) >= 11 is 0. The van der Waals surface area contributed by atoms with Gasteiger partial charge in [-0.1, -0.05) is 26.8 Å². The van der Waals surface area contributed by atoms with E-state index in [0.717, 1.165) is 37.1 Å². The molecule has 1 N–H and O–H groups in total. The number of carbonyl (C=O) groups is 1. The van der Waals surface area contributed by atoms with E-state index in [4.69, 9.17) is 0 Å². The Morgan fingerprint density at radius 2 is 2.00 bits per heavy atom. The lowest BCUT2D eigenvalue weighted by Gasteiger charge is -2.31. The van der Waals surface area contributed by atoms with Gasteiger partial charge in [0.25, 0.3) is 0 Å². The summed E-state index contributed by atoms with van der Waals surface area (Å²) in [5.41, 5.74) is 7.14. The summed E-state index contributed by atoms with van der Waals surface area (Å²) < 4.78 is 1.97. The first-order valence-electron chi connectivity index (χ1n) is 11.7. The molecule has 5 rings (SSSR count). The molecule has 1 saturated heterocycles. The summed E-state index contributed by atoms with van der Waals surface area (Å²) in [6.07, 6.45) is 6.70. The number of hydrogen-bond donors (Lipinski definition) is 1. The van der Waals surface area contributed by atoms with Crippen LogP contribution >= 0.6 is 0 Å². The lowest BCUT2D eigenvalue weighted by atomic mass is 9.87. The van der Waals surface area contributed by atoms with E-state index >= 15 is 0 Å². The lowest BCUT2D eigenvalue weighted by molar-refractivity contribution is -0.120. The minimum Gasteiger partial charge on any atom is -0.354 e. The molecular weight excluding hydrogens is 398 g/mol. The summed E-state index contributed by atoms with van der Waals surface area (Å²) in [4.78, 5) is 17.8. The number of aromatic nitrogens is 4. The molecule has 6 nitrogen and oxygen atoms in total. The summed E-state index contributed by atoms with van der Waals surface area (Å²) in [5, 5.41) is 9.45. The highest BCUT2D eigenvalue weighted by atomic mass is 16.1. The van der Waals surface area contributed by atoms with E-state index in [-0.39, 0.29) is 0 Å². The zero-order chi connectivity index (χ0) is 22.2. The van der Waals surface area contributed by atoms with E-state index < -0.39 is 0 Å². The van der Waals surface area contributed by atoms with E-state index in [9.17, 15) is 4.79 Å². The summed E-state index contributed by atoms with van der Waals surface area (Å²) in [7, 11) is 0. The molecule has 32 heavy (non-hydrogen) atoms. The van der Waals surface area contributed by atoms with Gasteiger partial charge in [0, 0.05) is 29.1 Å². The van der Waals surface area contributed by atoms with Crippen LogP contribution in [0, 0.1) is 0 Å². The van der Waals surface area contributed by atoms with Crippen LogP contribution in [0.5, 0.6) is 0 Å². The van der Waals surface area contributed by atoms with Crippen LogP contribution in [0.1, 0.15) is 63.0 Å². The molecule has 0 spiro atoms. The second-order valence-electron chi connectivity index (χ2n) is 9.33. The van der Waals surface area contributed by atoms with E-state index in [1.54, 1.807) is 6.33 Å². The number of Topliss-reactive ketones (excluding diaryl/α,β-unsaturated/α-hetero) is 1. The van der Waals surface area contributed by atoms with Crippen molar-refractivity contribution in [2.24, 2.45) is 0 Å². The molecule has 0 amide bonds. The average Bonchev–Trinajstić information content (AvgIpc) is 3.42. The molecule has 0 atom stereocenters. The van der Waals surface area contributed by atoms with Crippen LogP contribution in [0.4, 0.5) is 0 Å². The molecule has 0 bridgehead atoms. The van der Waals surface area contributed by atoms with Crippen molar-refractivity contribution in [1.82, 2.24) is 24.5 Å². The van der Waals surface area contributed by atoms with Crippen LogP contribution in [0.25, 0.3) is 27.8 Å². The summed E-state index contributed by atoms with van der Waals surface area (Å²) in [5.74, 6) is 1.29. The molecule has 0 aliphatic carbocycles. The molecule has 0 saturated carbocycles. The number of pyridine rings is 1. The zero-order valence-electron chi connectivity index (χ0n) is 19.1. The molecule has 1 aromatic carbocycles. The van der Waals surface area contributed by atoms with Gasteiger partial charge in [-0.3, -0.25) is 14.1 Å². The Labute approximate surface area is 188 Å². The number of piperidine rings is 1. The molecule has 4 aromatic rings. The number of likely N-dealkylation sites (tertiary alicyclic amines) is 1. The van der Waals surface area contributed by atoms with Gasteiger partial charge in [0.2, 0.25) is 0 Å². The van der Waals surface area contributed by atoms with Crippen LogP contribution < -0.4 is 0 Å². The molecule has 1 fully saturated rings. The lowest BCUT2D eigenvalue weighted by Crippen LogP contribution is -2.36. The van der Waals surface area contributed by atoms with Gasteiger partial charge >= 0.3 is 0 Å². The third-order valence-corrected chi connectivity index (χ3v) is 6.87. The van der Waals surface area contributed by atoms with Gasteiger partial charge in [0.05, 0.1) is 12.2 Å². The predicted molar refractivity (Wildman–Crippen MR) is 128 cm³/mol. The first-order valence-corrected chi connectivity index (χ1v) is 11.7. The number of H-pyrrole nitrogens is 1. The molecule has 0 radical (unpaired) electrons. The van der Waals surface area contributed by atoms with Crippen LogP contribution in [0.3, 0.4) is 0 Å². The Bertz CT molecular complexity index is 1260. The smallest absolute Gasteiger partial charge is 0.160 e. The van der Waals surface area contributed by atoms with Crippen molar-refractivity contribution in [2.75, 3.05) is 19.6 Å². The maximum Gasteiger partial charge on any atom is 0.160 e. The third-order valence-electron chi connectivity index (χ3n) is 6.87. The van der Waals surface area contributed by atoms with Crippen molar-refractivity contribution in [3.63, 3.8) is 0 Å². The first-order chi connectivity index (χ1) is 15.5. The number of nitrogens with one attached hydrogen (secondary N) is 1. The van der Waals surface area contributed by atoms with Gasteiger partial charge in [0.1, 0.15) is 12.1 Å². The molecule has 4 heterocycles. The second kappa shape index (κ2) is 8.51. The molecular formula is C26H31N5O. The number of ketones is 1. The van der Waals surface area contributed by atoms with Gasteiger partial charge in [-0.15, -0.1) is 10.2 Å². The van der Waals surface area contributed by atoms with E-state index in [1.165, 1.54) is 27.7 Å². The highest BCUT2D eigenvalue weighted by Gasteiger charge is 2.23. The number of hydrogen-bond acceptors (Lipinski definition) is 4. The fraction of sp³-hybridized carbons (Fsp3) is 0.423. The SMILES string of the molecule is CCC(=O)CN1CCC(c2ccc3[nH]c(-c4ccc5nncn5c4)c(C(C)C)c3c2)CC1. The summed E-state index contributed by atoms with van der Waals surface area (Å²) in [6.45, 7) is 9.09. The van der Waals surface area contributed by atoms with Gasteiger partial charge in [-0.05, 0) is 73.2 Å². The van der Waals surface area contributed by atoms with Crippen LogP contribution in [-0.2, 0) is 4.79 Å². The van der Waals surface area contributed by atoms with Crippen LogP contribution in [0.2, 0.25) is 0 Å². The third kappa shape index (κ3) is 3.84. The maximum absolute atomic E-state index is 11.8. The zero-order valence-corrected chi connectivity index (χ0v) is 19.1. The Balaban J connectivity index is 1.46. The predicted octanol–water partition coefficient (Wildman–Crippen LogP) is 5.16. The van der Waals surface area contributed by atoms with Crippen molar-refractivity contribution in [1.29, 1.82) is 0 Å². The number of carbonyl (C=O) groups excluding carboxylic acids is 1. The fourth-order valence-electron chi connectivity index (χ4n) is 5.07. The van der Waals surface area contributed by atoms with Gasteiger partial charge in [-0.25, -0.2) is 0 Å². The largest absolute Gasteiger partial charge is 0.354 e. The topological polar surface area (TPSA) is 66.3 Å². The first kappa shape index (κ1) is 20.9. The Hall–Kier alpha value is -2.99. The van der Waals surface area contributed by atoms with Crippen molar-refractivity contribution >= 4 is 22.3 Å². The second-order valence-corrected chi connectivity index (χ2v) is 9.33. The number of aromatic amines is 1. The molecule has 0 unspecified atom stereocenters. The number of benzene rings is 1. The van der Waals surface area contributed by atoms with E-state index in [1.807, 2.05) is 17.4 Å². The van der Waals surface area contributed by atoms with Gasteiger partial charge < -0.3 is 4.98 Å². The Kier molecular flexibility index (Phi) is 5.55. The highest BCUT2D eigenvalue weighted by Crippen LogP contribution is 2.38. The highest BCUT2D eigenvalue weighted by molar-refractivity contribution is 5.92. The van der Waals surface area contributed by atoms with Crippen molar-refractivity contribution in [2.45, 2.75) is 51.9 Å². The fourth-order valence-corrected chi connectivity index (χ4v) is 5.07. The van der Waals surface area contributed by atoms with Crippen molar-refractivity contribution < 1.29 is 4.79 Å². The number of nitrogens with zero attached hydrogens (tertiary/aromatic N) is 4. The number of rotatable bonds is 6. The minimum absolute atomic E-state index is 0.343. The van der Waals surface area contributed by atoms with Crippen LogP contribution in [0.15, 0.2) is 42.9 Å². The minimum atomic E-state index is 0.343. The standard InChI is InChI=1S/C26H31N5O/c1-4-21(32)15-30-11-9-18(10-12-30)19-5-7-23-22(13-19)25(17(2)3)26(28-23)20-6-8-24-29-27-16-31(24)14-20/h5-8,13-14,16-18,28H,4,9-12,15H2,1-3H3. The molecule has 166 valence electrons. The van der Waals surface area contributed by atoms with E-state index in [2.05, 4.69) is 64.4 Å². The summed E-state index contributed by atoms with van der Waals surface area (Å²) in [6, 6.07) is 11.1. The normalized spacial score (nSPS) is 15.9. The number of fused-ring (bicyclic) bond motifs is 2. The van der Waals surface area contributed by atoms with Gasteiger partial charge in [-0.2, -0.15) is 0 Å². The maximum atomic E-state index is 11.8. The Morgan fingerprint density at radius 1 is 1.19 bits per heavy atom. The molecule has 3 aromatic heterocycles. The molecule has 6 heteroatoms. The Morgan fingerprint density at radius 3 is 2.75 bits per heavy atom. The average molecular weight is 430 g/mol. The van der Waals surface area contributed by atoms with Crippen molar-refractivity contribution in [3.05, 3.63) is 54.0 Å². The quantitative estimate of drug-likeness (QED) is 0.460.